The zero-order valence-electron chi connectivity index (χ0n) is 12.9. The SMILES string of the molecule is C[N+](C)(C)CCNc1nn2c3c(ccc2c1N=O)CCC3. The van der Waals surface area contributed by atoms with Gasteiger partial charge in [0.1, 0.15) is 0 Å². The van der Waals surface area contributed by atoms with Crippen molar-refractivity contribution in [2.75, 3.05) is 39.5 Å². The second-order valence-corrected chi connectivity index (χ2v) is 6.69. The summed E-state index contributed by atoms with van der Waals surface area (Å²) in [4.78, 5) is 11.2. The topological polar surface area (TPSA) is 58.8 Å². The van der Waals surface area contributed by atoms with Crippen molar-refractivity contribution >= 4 is 17.0 Å². The minimum atomic E-state index is 0.422. The second-order valence-electron chi connectivity index (χ2n) is 6.69. The van der Waals surface area contributed by atoms with Crippen molar-refractivity contribution in [1.82, 2.24) is 9.61 Å². The maximum Gasteiger partial charge on any atom is 0.178 e. The number of hydrogen-bond donors (Lipinski definition) is 1. The fraction of sp³-hybridized carbons (Fsp3) is 0.533. The molecule has 2 heterocycles. The van der Waals surface area contributed by atoms with Gasteiger partial charge >= 0.3 is 0 Å². The highest BCUT2D eigenvalue weighted by Crippen LogP contribution is 2.33. The summed E-state index contributed by atoms with van der Waals surface area (Å²) in [6, 6.07) is 4.06. The Hall–Kier alpha value is -1.95. The molecule has 0 saturated heterocycles. The maximum atomic E-state index is 11.2. The van der Waals surface area contributed by atoms with Gasteiger partial charge < -0.3 is 9.80 Å². The molecule has 0 aromatic carbocycles. The number of fused-ring (bicyclic) bond motifs is 3. The molecule has 0 unspecified atom stereocenters. The summed E-state index contributed by atoms with van der Waals surface area (Å²) in [5, 5.41) is 11.0. The summed E-state index contributed by atoms with van der Waals surface area (Å²) >= 11 is 0. The predicted molar refractivity (Wildman–Crippen MR) is 84.1 cm³/mol. The van der Waals surface area contributed by atoms with Gasteiger partial charge in [0.25, 0.3) is 0 Å². The quantitative estimate of drug-likeness (QED) is 0.678. The van der Waals surface area contributed by atoms with Crippen LogP contribution in [0.5, 0.6) is 0 Å². The lowest BCUT2D eigenvalue weighted by atomic mass is 10.2. The van der Waals surface area contributed by atoms with E-state index in [1.165, 1.54) is 11.3 Å². The first-order valence-corrected chi connectivity index (χ1v) is 7.41. The number of nitroso groups, excluding NO2 is 1. The van der Waals surface area contributed by atoms with E-state index in [9.17, 15) is 4.91 Å². The molecule has 6 heteroatoms. The number of nitrogens with one attached hydrogen (secondary N) is 1. The van der Waals surface area contributed by atoms with Gasteiger partial charge in [0.15, 0.2) is 11.5 Å². The maximum absolute atomic E-state index is 11.2. The predicted octanol–water partition coefficient (Wildman–Crippen LogP) is 2.34. The first-order valence-electron chi connectivity index (χ1n) is 7.41. The van der Waals surface area contributed by atoms with Gasteiger partial charge in [0.2, 0.25) is 0 Å². The molecule has 112 valence electrons. The summed E-state index contributed by atoms with van der Waals surface area (Å²) in [5.74, 6) is 0.596. The van der Waals surface area contributed by atoms with Crippen LogP contribution in [0, 0.1) is 4.91 Å². The number of rotatable bonds is 5. The molecule has 0 atom stereocenters. The highest BCUT2D eigenvalue weighted by Gasteiger charge is 2.20. The van der Waals surface area contributed by atoms with E-state index in [4.69, 9.17) is 0 Å². The summed E-state index contributed by atoms with van der Waals surface area (Å²) < 4.78 is 2.76. The number of quaternary nitrogens is 1. The van der Waals surface area contributed by atoms with E-state index in [1.807, 2.05) is 10.6 Å². The Morgan fingerprint density at radius 3 is 2.86 bits per heavy atom. The fourth-order valence-corrected chi connectivity index (χ4v) is 2.85. The normalized spacial score (nSPS) is 14.4. The van der Waals surface area contributed by atoms with Crippen LogP contribution in [0.1, 0.15) is 17.7 Å². The highest BCUT2D eigenvalue weighted by atomic mass is 16.3. The van der Waals surface area contributed by atoms with Crippen molar-refractivity contribution in [3.05, 3.63) is 28.3 Å². The van der Waals surface area contributed by atoms with Crippen LogP contribution in [0.2, 0.25) is 0 Å². The molecule has 1 aliphatic rings. The van der Waals surface area contributed by atoms with Gasteiger partial charge in [0.05, 0.1) is 39.7 Å². The van der Waals surface area contributed by atoms with Crippen molar-refractivity contribution in [1.29, 1.82) is 0 Å². The lowest BCUT2D eigenvalue weighted by Gasteiger charge is -2.23. The average molecular weight is 288 g/mol. The average Bonchev–Trinajstić information content (AvgIpc) is 2.99. The van der Waals surface area contributed by atoms with E-state index in [-0.39, 0.29) is 0 Å². The molecule has 0 saturated carbocycles. The molecule has 3 rings (SSSR count). The lowest BCUT2D eigenvalue weighted by molar-refractivity contribution is -0.868. The van der Waals surface area contributed by atoms with E-state index in [0.29, 0.717) is 11.5 Å². The summed E-state index contributed by atoms with van der Waals surface area (Å²) in [7, 11) is 6.41. The third kappa shape index (κ3) is 2.63. The molecule has 0 bridgehead atoms. The molecule has 0 aliphatic heterocycles. The number of nitrogens with zero attached hydrogens (tertiary/aromatic N) is 4. The zero-order valence-corrected chi connectivity index (χ0v) is 12.9. The zero-order chi connectivity index (χ0) is 15.0. The molecular weight excluding hydrogens is 266 g/mol. The van der Waals surface area contributed by atoms with Gasteiger partial charge in [-0.25, -0.2) is 4.52 Å². The van der Waals surface area contributed by atoms with Crippen LogP contribution in [0.25, 0.3) is 5.52 Å². The van der Waals surface area contributed by atoms with Crippen LogP contribution in [-0.4, -0.2) is 48.3 Å². The van der Waals surface area contributed by atoms with E-state index in [1.54, 1.807) is 0 Å². The van der Waals surface area contributed by atoms with E-state index in [2.05, 4.69) is 42.8 Å². The monoisotopic (exact) mass is 288 g/mol. The molecule has 0 radical (unpaired) electrons. The third-order valence-electron chi connectivity index (χ3n) is 3.99. The summed E-state index contributed by atoms with van der Waals surface area (Å²) in [6.45, 7) is 1.71. The van der Waals surface area contributed by atoms with Crippen LogP contribution >= 0.6 is 0 Å². The Labute approximate surface area is 124 Å². The van der Waals surface area contributed by atoms with Crippen LogP contribution in [0.15, 0.2) is 17.3 Å². The van der Waals surface area contributed by atoms with Crippen LogP contribution in [-0.2, 0) is 12.8 Å². The number of anilines is 1. The standard InChI is InChI=1S/C15H22N5O/c1-20(2,3)10-9-16-15-14(18-21)13-8-7-11-5-4-6-12(11)19(13)17-15/h7-8H,4-6,9-10H2,1-3H3,(H,16,17)/q+1. The molecule has 2 aromatic heterocycles. The number of hydrogen-bond acceptors (Lipinski definition) is 4. The van der Waals surface area contributed by atoms with E-state index >= 15 is 0 Å². The Balaban J connectivity index is 1.94. The number of pyridine rings is 1. The molecule has 6 nitrogen and oxygen atoms in total. The Morgan fingerprint density at radius 2 is 2.14 bits per heavy atom. The van der Waals surface area contributed by atoms with E-state index < -0.39 is 0 Å². The summed E-state index contributed by atoms with van der Waals surface area (Å²) in [6.07, 6.45) is 3.27. The lowest BCUT2D eigenvalue weighted by Crippen LogP contribution is -2.38. The fourth-order valence-electron chi connectivity index (χ4n) is 2.85. The molecule has 21 heavy (non-hydrogen) atoms. The van der Waals surface area contributed by atoms with Crippen molar-refractivity contribution < 1.29 is 4.48 Å². The van der Waals surface area contributed by atoms with Gasteiger partial charge in [-0.05, 0) is 36.1 Å². The van der Waals surface area contributed by atoms with Crippen molar-refractivity contribution in [2.24, 2.45) is 5.18 Å². The third-order valence-corrected chi connectivity index (χ3v) is 3.99. The van der Waals surface area contributed by atoms with Gasteiger partial charge in [-0.2, -0.15) is 0 Å². The molecule has 2 aromatic rings. The van der Waals surface area contributed by atoms with Gasteiger partial charge in [-0.3, -0.25) is 0 Å². The van der Waals surface area contributed by atoms with E-state index in [0.717, 1.165) is 42.4 Å². The Kier molecular flexibility index (Phi) is 3.41. The second kappa shape index (κ2) is 5.11. The first-order chi connectivity index (χ1) is 9.99. The van der Waals surface area contributed by atoms with Crippen LogP contribution in [0.3, 0.4) is 0 Å². The summed E-state index contributed by atoms with van der Waals surface area (Å²) in [5.41, 5.74) is 3.78. The Bertz CT molecular complexity index is 683. The smallest absolute Gasteiger partial charge is 0.178 e. The number of aromatic nitrogens is 2. The molecule has 1 N–H and O–H groups in total. The van der Waals surface area contributed by atoms with Crippen molar-refractivity contribution in [3.63, 3.8) is 0 Å². The number of aryl methyl sites for hydroxylation is 2. The van der Waals surface area contributed by atoms with Crippen LogP contribution < -0.4 is 5.32 Å². The van der Waals surface area contributed by atoms with Crippen LogP contribution in [0.4, 0.5) is 11.5 Å². The molecule has 0 amide bonds. The van der Waals surface area contributed by atoms with Gasteiger partial charge in [-0.1, -0.05) is 6.07 Å². The minimum absolute atomic E-state index is 0.422. The number of likely N-dealkylation sites (N-methyl/N-ethyl adjacent to an activating group) is 1. The molecule has 0 fully saturated rings. The highest BCUT2D eigenvalue weighted by molar-refractivity contribution is 5.80. The van der Waals surface area contributed by atoms with Gasteiger partial charge in [0, 0.05) is 5.69 Å². The Morgan fingerprint density at radius 1 is 1.33 bits per heavy atom. The largest absolute Gasteiger partial charge is 0.361 e. The first kappa shape index (κ1) is 14.0. The minimum Gasteiger partial charge on any atom is -0.361 e. The van der Waals surface area contributed by atoms with Crippen molar-refractivity contribution in [2.45, 2.75) is 19.3 Å². The van der Waals surface area contributed by atoms with Gasteiger partial charge in [-0.15, -0.1) is 10.0 Å². The molecule has 0 spiro atoms. The molecular formula is C15H22N5O+. The van der Waals surface area contributed by atoms with Crippen molar-refractivity contribution in [3.8, 4) is 0 Å². The molecule has 1 aliphatic carbocycles.